The maximum atomic E-state index is 13.3. The summed E-state index contributed by atoms with van der Waals surface area (Å²) in [4.78, 5) is 24.8. The number of hydrogen-bond acceptors (Lipinski definition) is 5. The molecule has 2 aliphatic carbocycles. The number of ether oxygens (including phenoxy) is 2. The zero-order valence-corrected chi connectivity index (χ0v) is 19.8. The van der Waals surface area contributed by atoms with Crippen LogP contribution in [0.1, 0.15) is 78.9 Å². The van der Waals surface area contributed by atoms with Gasteiger partial charge in [-0.05, 0) is 54.5 Å². The van der Waals surface area contributed by atoms with Gasteiger partial charge in [-0.1, -0.05) is 49.6 Å². The number of carbonyl (C=O) groups is 2. The highest BCUT2D eigenvalue weighted by molar-refractivity contribution is 6.01. The molecule has 1 fully saturated rings. The summed E-state index contributed by atoms with van der Waals surface area (Å²) in [5.41, 5.74) is 3.83. The van der Waals surface area contributed by atoms with Crippen LogP contribution in [-0.2, 0) is 4.79 Å². The van der Waals surface area contributed by atoms with E-state index in [4.69, 9.17) is 9.47 Å². The van der Waals surface area contributed by atoms with Gasteiger partial charge in [0.05, 0.1) is 24.4 Å². The van der Waals surface area contributed by atoms with Crippen LogP contribution < -0.4 is 20.1 Å². The number of carbonyl (C=O) groups excluding carboxylic acids is 2. The van der Waals surface area contributed by atoms with Gasteiger partial charge in [-0.25, -0.2) is 0 Å². The monoisotopic (exact) mass is 460 g/mol. The maximum absolute atomic E-state index is 13.3. The summed E-state index contributed by atoms with van der Waals surface area (Å²) >= 11 is 0. The number of fused-ring (bicyclic) bond motifs is 3. The van der Waals surface area contributed by atoms with Crippen LogP contribution in [0.25, 0.3) is 0 Å². The molecule has 3 unspecified atom stereocenters. The highest BCUT2D eigenvalue weighted by atomic mass is 16.6. The summed E-state index contributed by atoms with van der Waals surface area (Å²) in [7, 11) is 1.57. The summed E-state index contributed by atoms with van der Waals surface area (Å²) in [5, 5.41) is 7.00. The Morgan fingerprint density at radius 3 is 2.65 bits per heavy atom. The van der Waals surface area contributed by atoms with Gasteiger partial charge in [0.2, 0.25) is 0 Å². The van der Waals surface area contributed by atoms with Gasteiger partial charge in [-0.15, -0.1) is 0 Å². The van der Waals surface area contributed by atoms with E-state index in [1.54, 1.807) is 13.2 Å². The molecule has 6 heteroatoms. The van der Waals surface area contributed by atoms with Crippen molar-refractivity contribution < 1.29 is 19.1 Å². The second-order valence-electron chi connectivity index (χ2n) is 9.56. The van der Waals surface area contributed by atoms with E-state index in [0.29, 0.717) is 23.0 Å². The van der Waals surface area contributed by atoms with Crippen LogP contribution in [0.15, 0.2) is 48.6 Å². The molecule has 3 atom stereocenters. The summed E-state index contributed by atoms with van der Waals surface area (Å²) in [5.74, 6) is 1.11. The topological polar surface area (TPSA) is 76.7 Å². The number of benzene rings is 2. The highest BCUT2D eigenvalue weighted by Gasteiger charge is 2.39. The van der Waals surface area contributed by atoms with Crippen LogP contribution in [0.2, 0.25) is 0 Å². The third kappa shape index (κ3) is 4.29. The zero-order chi connectivity index (χ0) is 23.7. The SMILES string of the molecule is COc1cc(C2Nc3c(C(=O)NC4CCCCC4)cccc3C3C=CCC32)ccc1OC(C)=O. The second kappa shape index (κ2) is 9.53. The van der Waals surface area contributed by atoms with E-state index in [0.717, 1.165) is 30.5 Å². The minimum Gasteiger partial charge on any atom is -0.493 e. The Kier molecular flexibility index (Phi) is 6.31. The predicted octanol–water partition coefficient (Wildman–Crippen LogP) is 5.51. The average Bonchev–Trinajstić information content (AvgIpc) is 3.34. The molecule has 0 radical (unpaired) electrons. The summed E-state index contributed by atoms with van der Waals surface area (Å²) in [6, 6.07) is 12.0. The van der Waals surface area contributed by atoms with Crippen molar-refractivity contribution in [3.8, 4) is 11.5 Å². The summed E-state index contributed by atoms with van der Waals surface area (Å²) < 4.78 is 10.8. The highest BCUT2D eigenvalue weighted by Crippen LogP contribution is 2.51. The zero-order valence-electron chi connectivity index (χ0n) is 19.8. The van der Waals surface area contributed by atoms with Gasteiger partial charge in [0.25, 0.3) is 5.91 Å². The molecule has 6 nitrogen and oxygen atoms in total. The quantitative estimate of drug-likeness (QED) is 0.350. The molecule has 178 valence electrons. The van der Waals surface area contributed by atoms with Crippen molar-refractivity contribution in [1.82, 2.24) is 5.32 Å². The van der Waals surface area contributed by atoms with Crippen molar-refractivity contribution in [2.75, 3.05) is 12.4 Å². The molecular weight excluding hydrogens is 428 g/mol. The van der Waals surface area contributed by atoms with E-state index in [9.17, 15) is 9.59 Å². The van der Waals surface area contributed by atoms with Gasteiger partial charge in [-0.2, -0.15) is 0 Å². The molecule has 0 bridgehead atoms. The minimum absolute atomic E-state index is 0.00165. The van der Waals surface area contributed by atoms with Crippen molar-refractivity contribution >= 4 is 17.6 Å². The van der Waals surface area contributed by atoms with Crippen LogP contribution in [0.4, 0.5) is 5.69 Å². The molecule has 1 aliphatic heterocycles. The standard InChI is InChI=1S/C28H32N2O4/c1-17(31)34-24-15-14-18(16-25(24)33-2)26-21-11-6-10-20(21)22-12-7-13-23(27(22)30-26)28(32)29-19-8-4-3-5-9-19/h6-7,10,12-16,19-21,26,30H,3-5,8-9,11H2,1-2H3,(H,29,32). The number of allylic oxidation sites excluding steroid dienone is 2. The van der Waals surface area contributed by atoms with Crippen molar-refractivity contribution in [2.45, 2.75) is 63.5 Å². The molecule has 0 spiro atoms. The molecule has 1 saturated carbocycles. The van der Waals surface area contributed by atoms with Gasteiger partial charge in [-0.3, -0.25) is 9.59 Å². The van der Waals surface area contributed by atoms with Crippen LogP contribution in [0.3, 0.4) is 0 Å². The van der Waals surface area contributed by atoms with E-state index < -0.39 is 0 Å². The van der Waals surface area contributed by atoms with Crippen LogP contribution in [0.5, 0.6) is 11.5 Å². The molecule has 3 aliphatic rings. The van der Waals surface area contributed by atoms with Gasteiger partial charge in [0.1, 0.15) is 0 Å². The number of amides is 1. The molecule has 2 aromatic rings. The Bertz CT molecular complexity index is 1120. The van der Waals surface area contributed by atoms with E-state index in [1.807, 2.05) is 24.3 Å². The Labute approximate surface area is 200 Å². The summed E-state index contributed by atoms with van der Waals surface area (Å²) in [6.07, 6.45) is 11.2. The van der Waals surface area contributed by atoms with Gasteiger partial charge >= 0.3 is 5.97 Å². The fourth-order valence-electron chi connectivity index (χ4n) is 5.77. The molecule has 0 saturated heterocycles. The van der Waals surface area contributed by atoms with E-state index >= 15 is 0 Å². The van der Waals surface area contributed by atoms with Gasteiger partial charge in [0.15, 0.2) is 11.5 Å². The maximum Gasteiger partial charge on any atom is 0.308 e. The molecule has 2 N–H and O–H groups in total. The minimum atomic E-state index is -0.385. The number of hydrogen-bond donors (Lipinski definition) is 2. The predicted molar refractivity (Wildman–Crippen MR) is 131 cm³/mol. The van der Waals surface area contributed by atoms with E-state index in [-0.39, 0.29) is 29.9 Å². The first kappa shape index (κ1) is 22.5. The third-order valence-corrected chi connectivity index (χ3v) is 7.38. The molecule has 2 aromatic carbocycles. The lowest BCUT2D eigenvalue weighted by Crippen LogP contribution is -2.37. The summed E-state index contributed by atoms with van der Waals surface area (Å²) in [6.45, 7) is 1.38. The second-order valence-corrected chi connectivity index (χ2v) is 9.56. The lowest BCUT2D eigenvalue weighted by Gasteiger charge is -2.38. The van der Waals surface area contributed by atoms with Gasteiger partial charge in [0, 0.05) is 18.9 Å². The number of esters is 1. The number of rotatable bonds is 5. The molecule has 0 aromatic heterocycles. The number of nitrogens with one attached hydrogen (secondary N) is 2. The first-order valence-electron chi connectivity index (χ1n) is 12.3. The molecule has 1 heterocycles. The molecule has 1 amide bonds. The molecule has 34 heavy (non-hydrogen) atoms. The lowest BCUT2D eigenvalue weighted by molar-refractivity contribution is -0.132. The Morgan fingerprint density at radius 1 is 1.06 bits per heavy atom. The number of para-hydroxylation sites is 1. The molecule has 5 rings (SSSR count). The number of methoxy groups -OCH3 is 1. The van der Waals surface area contributed by atoms with Gasteiger partial charge < -0.3 is 20.1 Å². The van der Waals surface area contributed by atoms with Crippen LogP contribution >= 0.6 is 0 Å². The average molecular weight is 461 g/mol. The van der Waals surface area contributed by atoms with Crippen LogP contribution in [0, 0.1) is 5.92 Å². The van der Waals surface area contributed by atoms with Crippen molar-refractivity contribution in [1.29, 1.82) is 0 Å². The smallest absolute Gasteiger partial charge is 0.308 e. The van der Waals surface area contributed by atoms with E-state index in [1.165, 1.54) is 31.7 Å². The van der Waals surface area contributed by atoms with Crippen molar-refractivity contribution in [3.63, 3.8) is 0 Å². The number of anilines is 1. The fraction of sp³-hybridized carbons (Fsp3) is 0.429. The first-order valence-corrected chi connectivity index (χ1v) is 12.3. The Hall–Kier alpha value is -3.28. The van der Waals surface area contributed by atoms with Crippen LogP contribution in [-0.4, -0.2) is 25.0 Å². The Balaban J connectivity index is 1.48. The van der Waals surface area contributed by atoms with Crippen molar-refractivity contribution in [2.24, 2.45) is 5.92 Å². The normalized spacial score (nSPS) is 23.4. The third-order valence-electron chi connectivity index (χ3n) is 7.38. The first-order chi connectivity index (χ1) is 16.5. The van der Waals surface area contributed by atoms with E-state index in [2.05, 4.69) is 28.9 Å². The van der Waals surface area contributed by atoms with Crippen molar-refractivity contribution in [3.05, 3.63) is 65.2 Å². The lowest BCUT2D eigenvalue weighted by atomic mass is 9.76. The largest absolute Gasteiger partial charge is 0.493 e. The fourth-order valence-corrected chi connectivity index (χ4v) is 5.77. The molecular formula is C28H32N2O4. The Morgan fingerprint density at radius 2 is 1.88 bits per heavy atom.